The summed E-state index contributed by atoms with van der Waals surface area (Å²) in [5, 5.41) is 15.2. The van der Waals surface area contributed by atoms with Gasteiger partial charge in [-0.25, -0.2) is 0 Å². The van der Waals surface area contributed by atoms with E-state index >= 15 is 0 Å². The van der Waals surface area contributed by atoms with E-state index in [1.807, 2.05) is 13.8 Å². The molecule has 0 amide bonds. The molecule has 0 radical (unpaired) electrons. The Morgan fingerprint density at radius 1 is 1.29 bits per heavy atom. The lowest BCUT2D eigenvalue weighted by Crippen LogP contribution is -2.33. The number of amidine groups is 1. The van der Waals surface area contributed by atoms with Gasteiger partial charge < -0.3 is 21.2 Å². The summed E-state index contributed by atoms with van der Waals surface area (Å²) in [6.07, 6.45) is 3.39. The summed E-state index contributed by atoms with van der Waals surface area (Å²) in [4.78, 5) is 2.42. The number of nitrogens with zero attached hydrogens (tertiary/aromatic N) is 2. The third-order valence-electron chi connectivity index (χ3n) is 4.22. The Labute approximate surface area is 126 Å². The zero-order valence-corrected chi connectivity index (χ0v) is 13.0. The van der Waals surface area contributed by atoms with Crippen molar-refractivity contribution >= 4 is 17.2 Å². The molecule has 1 aliphatic heterocycles. The molecule has 1 heterocycles. The largest absolute Gasteiger partial charge is 0.409 e. The molecule has 2 rings (SSSR count). The molecule has 1 aliphatic rings. The van der Waals surface area contributed by atoms with Gasteiger partial charge in [0.1, 0.15) is 5.84 Å². The van der Waals surface area contributed by atoms with Crippen LogP contribution in [0.15, 0.2) is 29.4 Å². The molecule has 0 bridgehead atoms. The molecule has 1 fully saturated rings. The Morgan fingerprint density at radius 2 is 1.90 bits per heavy atom. The first-order chi connectivity index (χ1) is 10.0. The van der Waals surface area contributed by atoms with Gasteiger partial charge >= 0.3 is 0 Å². The van der Waals surface area contributed by atoms with Gasteiger partial charge in [0.25, 0.3) is 0 Å². The SMILES string of the molecule is CC(C)(CCNc1ccc(N2CCCC2)cc1)C(N)=NO. The predicted molar refractivity (Wildman–Crippen MR) is 88.2 cm³/mol. The van der Waals surface area contributed by atoms with Gasteiger partial charge in [0.05, 0.1) is 0 Å². The number of rotatable bonds is 6. The molecule has 0 spiro atoms. The van der Waals surface area contributed by atoms with Gasteiger partial charge in [-0.2, -0.15) is 0 Å². The molecule has 5 nitrogen and oxygen atoms in total. The summed E-state index contributed by atoms with van der Waals surface area (Å²) in [5.41, 5.74) is 7.78. The van der Waals surface area contributed by atoms with Crippen molar-refractivity contribution in [2.45, 2.75) is 33.1 Å². The topological polar surface area (TPSA) is 73.9 Å². The van der Waals surface area contributed by atoms with Crippen molar-refractivity contribution in [1.29, 1.82) is 0 Å². The first-order valence-electron chi connectivity index (χ1n) is 7.60. The van der Waals surface area contributed by atoms with E-state index in [0.29, 0.717) is 0 Å². The lowest BCUT2D eigenvalue weighted by atomic mass is 9.88. The van der Waals surface area contributed by atoms with E-state index in [0.717, 1.165) is 18.7 Å². The van der Waals surface area contributed by atoms with Crippen LogP contribution in [-0.2, 0) is 0 Å². The molecule has 116 valence electrons. The summed E-state index contributed by atoms with van der Waals surface area (Å²) in [6, 6.07) is 8.57. The third kappa shape index (κ3) is 4.03. The highest BCUT2D eigenvalue weighted by Gasteiger charge is 2.22. The van der Waals surface area contributed by atoms with Crippen molar-refractivity contribution in [2.75, 3.05) is 29.9 Å². The molecule has 1 saturated heterocycles. The Morgan fingerprint density at radius 3 is 2.48 bits per heavy atom. The van der Waals surface area contributed by atoms with Gasteiger partial charge in [-0.3, -0.25) is 0 Å². The number of nitrogens with two attached hydrogens (primary N) is 1. The zero-order chi connectivity index (χ0) is 15.3. The maximum absolute atomic E-state index is 8.76. The second kappa shape index (κ2) is 6.70. The van der Waals surface area contributed by atoms with Gasteiger partial charge in [-0.15, -0.1) is 0 Å². The number of hydrogen-bond acceptors (Lipinski definition) is 4. The fraction of sp³-hybridized carbons (Fsp3) is 0.562. The summed E-state index contributed by atoms with van der Waals surface area (Å²) in [7, 11) is 0. The van der Waals surface area contributed by atoms with E-state index in [9.17, 15) is 0 Å². The van der Waals surface area contributed by atoms with Crippen LogP contribution >= 0.6 is 0 Å². The average molecular weight is 290 g/mol. The molecule has 0 aliphatic carbocycles. The Hall–Kier alpha value is -1.91. The van der Waals surface area contributed by atoms with Gasteiger partial charge in [0.2, 0.25) is 0 Å². The van der Waals surface area contributed by atoms with E-state index in [1.165, 1.54) is 31.6 Å². The van der Waals surface area contributed by atoms with Gasteiger partial charge in [-0.05, 0) is 43.5 Å². The first kappa shape index (κ1) is 15.5. The number of hydrogen-bond donors (Lipinski definition) is 3. The minimum atomic E-state index is -0.308. The average Bonchev–Trinajstić information content (AvgIpc) is 3.01. The molecule has 1 aromatic rings. The monoisotopic (exact) mass is 290 g/mol. The normalized spacial score (nSPS) is 16.3. The highest BCUT2D eigenvalue weighted by molar-refractivity contribution is 5.85. The molecular formula is C16H26N4O. The van der Waals surface area contributed by atoms with E-state index in [2.05, 4.69) is 39.6 Å². The van der Waals surface area contributed by atoms with Crippen LogP contribution in [0.5, 0.6) is 0 Å². The molecule has 21 heavy (non-hydrogen) atoms. The van der Waals surface area contributed by atoms with E-state index < -0.39 is 0 Å². The summed E-state index contributed by atoms with van der Waals surface area (Å²) >= 11 is 0. The number of oxime groups is 1. The quantitative estimate of drug-likeness (QED) is 0.326. The van der Waals surface area contributed by atoms with Crippen LogP contribution in [0.4, 0.5) is 11.4 Å². The fourth-order valence-corrected chi connectivity index (χ4v) is 2.55. The van der Waals surface area contributed by atoms with Crippen molar-refractivity contribution in [1.82, 2.24) is 0 Å². The Bertz CT molecular complexity index is 476. The predicted octanol–water partition coefficient (Wildman–Crippen LogP) is 2.86. The van der Waals surface area contributed by atoms with E-state index in [-0.39, 0.29) is 11.3 Å². The van der Waals surface area contributed by atoms with Crippen LogP contribution in [0.1, 0.15) is 33.1 Å². The van der Waals surface area contributed by atoms with Crippen LogP contribution in [-0.4, -0.2) is 30.7 Å². The van der Waals surface area contributed by atoms with Crippen LogP contribution in [0.3, 0.4) is 0 Å². The molecule has 0 saturated carbocycles. The van der Waals surface area contributed by atoms with E-state index in [1.54, 1.807) is 0 Å². The van der Waals surface area contributed by atoms with Crippen molar-refractivity contribution in [3.8, 4) is 0 Å². The van der Waals surface area contributed by atoms with Crippen molar-refractivity contribution in [3.63, 3.8) is 0 Å². The van der Waals surface area contributed by atoms with Gasteiger partial charge in [0, 0.05) is 36.4 Å². The molecule has 1 aromatic carbocycles. The second-order valence-electron chi connectivity index (χ2n) is 6.29. The molecule has 0 aromatic heterocycles. The number of benzene rings is 1. The number of nitrogens with one attached hydrogen (secondary N) is 1. The third-order valence-corrected chi connectivity index (χ3v) is 4.22. The van der Waals surface area contributed by atoms with Crippen LogP contribution < -0.4 is 16.0 Å². The fourth-order valence-electron chi connectivity index (χ4n) is 2.55. The molecule has 0 unspecified atom stereocenters. The lowest BCUT2D eigenvalue weighted by molar-refractivity contribution is 0.306. The second-order valence-corrected chi connectivity index (χ2v) is 6.29. The summed E-state index contributed by atoms with van der Waals surface area (Å²) in [5.74, 6) is 0.272. The summed E-state index contributed by atoms with van der Waals surface area (Å²) < 4.78 is 0. The maximum Gasteiger partial charge on any atom is 0.144 e. The van der Waals surface area contributed by atoms with E-state index in [4.69, 9.17) is 10.9 Å². The summed E-state index contributed by atoms with van der Waals surface area (Å²) in [6.45, 7) is 7.06. The molecule has 4 N–H and O–H groups in total. The first-order valence-corrected chi connectivity index (χ1v) is 7.60. The maximum atomic E-state index is 8.76. The van der Waals surface area contributed by atoms with Crippen molar-refractivity contribution in [3.05, 3.63) is 24.3 Å². The highest BCUT2D eigenvalue weighted by Crippen LogP contribution is 2.23. The van der Waals surface area contributed by atoms with Crippen LogP contribution in [0, 0.1) is 5.41 Å². The lowest BCUT2D eigenvalue weighted by Gasteiger charge is -2.23. The minimum Gasteiger partial charge on any atom is -0.409 e. The number of anilines is 2. The molecular weight excluding hydrogens is 264 g/mol. The van der Waals surface area contributed by atoms with Crippen molar-refractivity contribution < 1.29 is 5.21 Å². The molecule has 0 atom stereocenters. The molecule has 5 heteroatoms. The Balaban J connectivity index is 1.84. The van der Waals surface area contributed by atoms with Crippen molar-refractivity contribution in [2.24, 2.45) is 16.3 Å². The van der Waals surface area contributed by atoms with Gasteiger partial charge in [-0.1, -0.05) is 19.0 Å². The minimum absolute atomic E-state index is 0.272. The van der Waals surface area contributed by atoms with Gasteiger partial charge in [0.15, 0.2) is 0 Å². The zero-order valence-electron chi connectivity index (χ0n) is 13.0. The van der Waals surface area contributed by atoms with Crippen LogP contribution in [0.25, 0.3) is 0 Å². The Kier molecular flexibility index (Phi) is 4.94. The van der Waals surface area contributed by atoms with Crippen LogP contribution in [0.2, 0.25) is 0 Å². The highest BCUT2D eigenvalue weighted by atomic mass is 16.4. The smallest absolute Gasteiger partial charge is 0.144 e. The standard InChI is InChI=1S/C16H26N4O/c1-16(2,15(17)19-21)9-10-18-13-5-7-14(8-6-13)20-11-3-4-12-20/h5-8,18,21H,3-4,9-12H2,1-2H3,(H2,17,19).